The molecule has 31 heavy (non-hydrogen) atoms. The number of hydrogen-bond donors (Lipinski definition) is 2. The zero-order valence-corrected chi connectivity index (χ0v) is 16.7. The molecule has 0 fully saturated rings. The van der Waals surface area contributed by atoms with E-state index in [9.17, 15) is 9.59 Å². The van der Waals surface area contributed by atoms with Crippen LogP contribution in [0, 0.1) is 0 Å². The third kappa shape index (κ3) is 4.87. The summed E-state index contributed by atoms with van der Waals surface area (Å²) in [5.41, 5.74) is 1.13. The first-order valence-corrected chi connectivity index (χ1v) is 9.50. The van der Waals surface area contributed by atoms with Crippen LogP contribution in [0.4, 0.5) is 0 Å². The van der Waals surface area contributed by atoms with E-state index in [0.717, 1.165) is 0 Å². The van der Waals surface area contributed by atoms with Crippen molar-refractivity contribution < 1.29 is 28.2 Å². The average Bonchev–Trinajstić information content (AvgIpc) is 3.48. The number of furan rings is 1. The highest BCUT2D eigenvalue weighted by Gasteiger charge is 2.17. The minimum absolute atomic E-state index is 0.0752. The van der Waals surface area contributed by atoms with Gasteiger partial charge in [-0.2, -0.15) is 0 Å². The Morgan fingerprint density at radius 3 is 2.61 bits per heavy atom. The summed E-state index contributed by atoms with van der Waals surface area (Å²) in [4.78, 5) is 25.6. The van der Waals surface area contributed by atoms with Crippen LogP contribution in [0.5, 0.6) is 17.2 Å². The standard InChI is InChI=1S/C23H20N2O6/c1-28-17-7-5-16(6-8-17)22(26)25-19(23(27)24-13-18-3-2-10-29-18)11-15-4-9-20-21(12-15)31-14-30-20/h2-12H,13-14H2,1H3,(H,24,27)(H,25,26)/b19-11-. The summed E-state index contributed by atoms with van der Waals surface area (Å²) in [6, 6.07) is 15.3. The average molecular weight is 420 g/mol. The third-order valence-electron chi connectivity index (χ3n) is 4.56. The maximum absolute atomic E-state index is 12.8. The van der Waals surface area contributed by atoms with Gasteiger partial charge in [-0.15, -0.1) is 0 Å². The van der Waals surface area contributed by atoms with Gasteiger partial charge in [-0.05, 0) is 60.2 Å². The quantitative estimate of drug-likeness (QED) is 0.570. The first-order valence-electron chi connectivity index (χ1n) is 9.50. The molecule has 2 heterocycles. The van der Waals surface area contributed by atoms with Gasteiger partial charge < -0.3 is 29.3 Å². The summed E-state index contributed by atoms with van der Waals surface area (Å²) < 4.78 is 21.1. The van der Waals surface area contributed by atoms with E-state index in [1.807, 2.05) is 0 Å². The molecule has 4 rings (SSSR count). The van der Waals surface area contributed by atoms with Crippen molar-refractivity contribution in [1.29, 1.82) is 0 Å². The fourth-order valence-electron chi connectivity index (χ4n) is 2.94. The van der Waals surface area contributed by atoms with Crippen LogP contribution >= 0.6 is 0 Å². The molecular formula is C23H20N2O6. The first kappa shape index (κ1) is 20.1. The monoisotopic (exact) mass is 420 g/mol. The Balaban J connectivity index is 1.56. The molecule has 158 valence electrons. The smallest absolute Gasteiger partial charge is 0.268 e. The van der Waals surface area contributed by atoms with Gasteiger partial charge in [-0.1, -0.05) is 6.07 Å². The number of nitrogens with one attached hydrogen (secondary N) is 2. The lowest BCUT2D eigenvalue weighted by atomic mass is 10.1. The summed E-state index contributed by atoms with van der Waals surface area (Å²) >= 11 is 0. The summed E-state index contributed by atoms with van der Waals surface area (Å²) in [5.74, 6) is 1.54. The number of ether oxygens (including phenoxy) is 3. The van der Waals surface area contributed by atoms with Crippen molar-refractivity contribution in [2.45, 2.75) is 6.54 Å². The van der Waals surface area contributed by atoms with Gasteiger partial charge in [-0.3, -0.25) is 9.59 Å². The second-order valence-electron chi connectivity index (χ2n) is 6.62. The summed E-state index contributed by atoms with van der Waals surface area (Å²) in [6.45, 7) is 0.329. The molecule has 1 aliphatic heterocycles. The highest BCUT2D eigenvalue weighted by Crippen LogP contribution is 2.33. The van der Waals surface area contributed by atoms with Crippen LogP contribution in [0.1, 0.15) is 21.7 Å². The molecule has 2 amide bonds. The predicted octanol–water partition coefficient (Wildman–Crippen LogP) is 3.10. The molecule has 0 unspecified atom stereocenters. The summed E-state index contributed by atoms with van der Waals surface area (Å²) in [6.07, 6.45) is 3.09. The maximum atomic E-state index is 12.8. The Hall–Kier alpha value is -4.20. The van der Waals surface area contributed by atoms with E-state index in [2.05, 4.69) is 10.6 Å². The Morgan fingerprint density at radius 1 is 1.06 bits per heavy atom. The normalized spacial score (nSPS) is 12.4. The summed E-state index contributed by atoms with van der Waals surface area (Å²) in [5, 5.41) is 5.42. The predicted molar refractivity (Wildman–Crippen MR) is 112 cm³/mol. The van der Waals surface area contributed by atoms with Gasteiger partial charge in [0.05, 0.1) is 19.9 Å². The Morgan fingerprint density at radius 2 is 1.87 bits per heavy atom. The second-order valence-corrected chi connectivity index (χ2v) is 6.62. The number of amides is 2. The van der Waals surface area contributed by atoms with Crippen LogP contribution in [0.15, 0.2) is 71.0 Å². The largest absolute Gasteiger partial charge is 0.497 e. The Labute approximate surface area is 178 Å². The molecule has 0 bridgehead atoms. The van der Waals surface area contributed by atoms with Crippen molar-refractivity contribution in [3.8, 4) is 17.2 Å². The Kier molecular flexibility index (Phi) is 5.89. The lowest BCUT2D eigenvalue weighted by Gasteiger charge is -2.11. The molecule has 8 nitrogen and oxygen atoms in total. The molecule has 3 aromatic rings. The van der Waals surface area contributed by atoms with E-state index in [4.69, 9.17) is 18.6 Å². The molecule has 1 aromatic heterocycles. The van der Waals surface area contributed by atoms with Gasteiger partial charge in [0, 0.05) is 5.56 Å². The van der Waals surface area contributed by atoms with Crippen molar-refractivity contribution in [2.75, 3.05) is 13.9 Å². The first-order chi connectivity index (χ1) is 15.1. The molecule has 0 atom stereocenters. The fourth-order valence-corrected chi connectivity index (χ4v) is 2.94. The van der Waals surface area contributed by atoms with E-state index < -0.39 is 11.8 Å². The van der Waals surface area contributed by atoms with E-state index in [1.165, 1.54) is 6.26 Å². The van der Waals surface area contributed by atoms with Crippen molar-refractivity contribution in [1.82, 2.24) is 10.6 Å². The van der Waals surface area contributed by atoms with Crippen molar-refractivity contribution in [2.24, 2.45) is 0 Å². The molecular weight excluding hydrogens is 400 g/mol. The highest BCUT2D eigenvalue weighted by atomic mass is 16.7. The highest BCUT2D eigenvalue weighted by molar-refractivity contribution is 6.05. The molecule has 0 saturated carbocycles. The van der Waals surface area contributed by atoms with E-state index in [-0.39, 0.29) is 19.0 Å². The minimum Gasteiger partial charge on any atom is -0.497 e. The lowest BCUT2D eigenvalue weighted by Crippen LogP contribution is -2.34. The molecule has 2 N–H and O–H groups in total. The van der Waals surface area contributed by atoms with Gasteiger partial charge >= 0.3 is 0 Å². The minimum atomic E-state index is -0.462. The fraction of sp³-hybridized carbons (Fsp3) is 0.130. The molecule has 0 spiro atoms. The molecule has 0 radical (unpaired) electrons. The van der Waals surface area contributed by atoms with Gasteiger partial charge in [0.2, 0.25) is 6.79 Å². The molecule has 2 aromatic carbocycles. The van der Waals surface area contributed by atoms with Crippen LogP contribution < -0.4 is 24.8 Å². The maximum Gasteiger partial charge on any atom is 0.268 e. The SMILES string of the molecule is COc1ccc(C(=O)N/C(=C\c2ccc3c(c2)OCO3)C(=O)NCc2ccco2)cc1. The topological polar surface area (TPSA) is 99.0 Å². The van der Waals surface area contributed by atoms with Crippen LogP contribution in [0.2, 0.25) is 0 Å². The number of methoxy groups -OCH3 is 1. The number of benzene rings is 2. The Bertz CT molecular complexity index is 1100. The van der Waals surface area contributed by atoms with E-state index >= 15 is 0 Å². The lowest BCUT2D eigenvalue weighted by molar-refractivity contribution is -0.118. The van der Waals surface area contributed by atoms with Crippen molar-refractivity contribution in [3.05, 3.63) is 83.4 Å². The number of fused-ring (bicyclic) bond motifs is 1. The molecule has 0 aliphatic carbocycles. The molecule has 8 heteroatoms. The van der Waals surface area contributed by atoms with Crippen molar-refractivity contribution in [3.63, 3.8) is 0 Å². The van der Waals surface area contributed by atoms with Crippen LogP contribution in [-0.2, 0) is 11.3 Å². The van der Waals surface area contributed by atoms with Crippen LogP contribution in [-0.4, -0.2) is 25.7 Å². The zero-order chi connectivity index (χ0) is 21.6. The van der Waals surface area contributed by atoms with Gasteiger partial charge in [0.15, 0.2) is 11.5 Å². The zero-order valence-electron chi connectivity index (χ0n) is 16.7. The van der Waals surface area contributed by atoms with Gasteiger partial charge in [0.1, 0.15) is 17.2 Å². The van der Waals surface area contributed by atoms with E-state index in [1.54, 1.807) is 67.8 Å². The van der Waals surface area contributed by atoms with Crippen LogP contribution in [0.3, 0.4) is 0 Å². The number of carbonyl (C=O) groups is 2. The van der Waals surface area contributed by atoms with Crippen molar-refractivity contribution >= 4 is 17.9 Å². The number of carbonyl (C=O) groups excluding carboxylic acids is 2. The third-order valence-corrected chi connectivity index (χ3v) is 4.56. The molecule has 1 aliphatic rings. The number of rotatable bonds is 7. The molecule has 0 saturated heterocycles. The van der Waals surface area contributed by atoms with E-state index in [0.29, 0.717) is 34.1 Å². The van der Waals surface area contributed by atoms with Gasteiger partial charge in [0.25, 0.3) is 11.8 Å². The second kappa shape index (κ2) is 9.08. The van der Waals surface area contributed by atoms with Gasteiger partial charge in [-0.25, -0.2) is 0 Å². The van der Waals surface area contributed by atoms with Crippen LogP contribution in [0.25, 0.3) is 6.08 Å². The number of hydrogen-bond acceptors (Lipinski definition) is 6. The summed E-state index contributed by atoms with van der Waals surface area (Å²) in [7, 11) is 1.55.